The van der Waals surface area contributed by atoms with E-state index in [1.54, 1.807) is 0 Å². The molecule has 0 aromatic heterocycles. The van der Waals surface area contributed by atoms with E-state index < -0.39 is 12.0 Å². The van der Waals surface area contributed by atoms with Gasteiger partial charge in [0.2, 0.25) is 5.91 Å². The van der Waals surface area contributed by atoms with Crippen LogP contribution in [-0.4, -0.2) is 35.6 Å². The Bertz CT molecular complexity index is 470. The molecule has 114 valence electrons. The van der Waals surface area contributed by atoms with Gasteiger partial charge in [-0.3, -0.25) is 4.79 Å². The van der Waals surface area contributed by atoms with Crippen molar-refractivity contribution >= 4 is 11.9 Å². The van der Waals surface area contributed by atoms with Gasteiger partial charge in [-0.05, 0) is 37.8 Å². The van der Waals surface area contributed by atoms with Crippen LogP contribution in [0.4, 0.5) is 0 Å². The minimum Gasteiger partial charge on any atom is -0.480 e. The Kier molecular flexibility index (Phi) is 5.75. The first kappa shape index (κ1) is 15.5. The summed E-state index contributed by atoms with van der Waals surface area (Å²) in [7, 11) is 0. The van der Waals surface area contributed by atoms with E-state index in [9.17, 15) is 14.7 Å². The second kappa shape index (κ2) is 7.78. The minimum atomic E-state index is -0.977. The van der Waals surface area contributed by atoms with Crippen molar-refractivity contribution in [3.63, 3.8) is 0 Å². The van der Waals surface area contributed by atoms with Gasteiger partial charge in [-0.15, -0.1) is 0 Å². The molecule has 0 saturated carbocycles. The molecular formula is C16H22N2O3. The second-order valence-corrected chi connectivity index (χ2v) is 5.43. The number of carboxylic acids is 1. The summed E-state index contributed by atoms with van der Waals surface area (Å²) in [5, 5.41) is 15.1. The average Bonchev–Trinajstić information content (AvgIpc) is 2.52. The van der Waals surface area contributed by atoms with E-state index >= 15 is 0 Å². The van der Waals surface area contributed by atoms with Crippen LogP contribution in [0.3, 0.4) is 0 Å². The number of amides is 1. The fraction of sp³-hybridized carbons (Fsp3) is 0.500. The fourth-order valence-electron chi connectivity index (χ4n) is 2.56. The van der Waals surface area contributed by atoms with Gasteiger partial charge in [0.05, 0.1) is 6.04 Å². The van der Waals surface area contributed by atoms with E-state index in [-0.39, 0.29) is 11.9 Å². The van der Waals surface area contributed by atoms with Gasteiger partial charge in [-0.2, -0.15) is 0 Å². The summed E-state index contributed by atoms with van der Waals surface area (Å²) in [6, 6.07) is 8.62. The number of carbonyl (C=O) groups excluding carboxylic acids is 1. The van der Waals surface area contributed by atoms with Crippen LogP contribution >= 0.6 is 0 Å². The van der Waals surface area contributed by atoms with Crippen molar-refractivity contribution in [3.05, 3.63) is 35.9 Å². The van der Waals surface area contributed by atoms with Crippen LogP contribution in [0.5, 0.6) is 0 Å². The SMILES string of the molecule is O=C(N[C@@H](CCc1ccccc1)C(=O)O)C1CCCCN1. The predicted octanol–water partition coefficient (Wildman–Crippen LogP) is 1.33. The largest absolute Gasteiger partial charge is 0.480 e. The second-order valence-electron chi connectivity index (χ2n) is 5.43. The molecule has 5 heteroatoms. The molecule has 1 aromatic carbocycles. The lowest BCUT2D eigenvalue weighted by molar-refractivity contribution is -0.142. The van der Waals surface area contributed by atoms with Gasteiger partial charge >= 0.3 is 5.97 Å². The van der Waals surface area contributed by atoms with Crippen molar-refractivity contribution in [2.45, 2.75) is 44.2 Å². The average molecular weight is 290 g/mol. The maximum atomic E-state index is 12.1. The summed E-state index contributed by atoms with van der Waals surface area (Å²) in [6.45, 7) is 0.819. The van der Waals surface area contributed by atoms with E-state index in [0.717, 1.165) is 31.4 Å². The molecule has 1 aliphatic heterocycles. The molecule has 1 fully saturated rings. The fourth-order valence-corrected chi connectivity index (χ4v) is 2.56. The third-order valence-corrected chi connectivity index (χ3v) is 3.81. The molecule has 2 rings (SSSR count). The molecule has 1 aromatic rings. The molecule has 0 spiro atoms. The molecule has 1 amide bonds. The van der Waals surface area contributed by atoms with Gasteiger partial charge in [0.1, 0.15) is 6.04 Å². The van der Waals surface area contributed by atoms with Gasteiger partial charge in [-0.1, -0.05) is 36.8 Å². The Balaban J connectivity index is 1.86. The first-order valence-electron chi connectivity index (χ1n) is 7.47. The van der Waals surface area contributed by atoms with Gasteiger partial charge < -0.3 is 15.7 Å². The van der Waals surface area contributed by atoms with Crippen LogP contribution in [0.25, 0.3) is 0 Å². The summed E-state index contributed by atoms with van der Waals surface area (Å²) in [5.74, 6) is -1.18. The number of carbonyl (C=O) groups is 2. The molecule has 3 N–H and O–H groups in total. The topological polar surface area (TPSA) is 78.4 Å². The zero-order chi connectivity index (χ0) is 15.1. The predicted molar refractivity (Wildman–Crippen MR) is 80.0 cm³/mol. The Morgan fingerprint density at radius 1 is 1.29 bits per heavy atom. The van der Waals surface area contributed by atoms with Crippen molar-refractivity contribution in [2.75, 3.05) is 6.54 Å². The Morgan fingerprint density at radius 3 is 2.67 bits per heavy atom. The third kappa shape index (κ3) is 4.86. The highest BCUT2D eigenvalue weighted by atomic mass is 16.4. The first-order chi connectivity index (χ1) is 10.2. The van der Waals surface area contributed by atoms with E-state index in [1.165, 1.54) is 0 Å². The van der Waals surface area contributed by atoms with Gasteiger partial charge in [0.15, 0.2) is 0 Å². The summed E-state index contributed by atoms with van der Waals surface area (Å²) in [5.41, 5.74) is 1.08. The zero-order valence-electron chi connectivity index (χ0n) is 12.0. The summed E-state index contributed by atoms with van der Waals surface area (Å²) >= 11 is 0. The Morgan fingerprint density at radius 2 is 2.05 bits per heavy atom. The van der Waals surface area contributed by atoms with Crippen LogP contribution in [0.1, 0.15) is 31.2 Å². The van der Waals surface area contributed by atoms with Crippen molar-refractivity contribution < 1.29 is 14.7 Å². The lowest BCUT2D eigenvalue weighted by atomic mass is 10.0. The van der Waals surface area contributed by atoms with Crippen LogP contribution in [0, 0.1) is 0 Å². The molecule has 1 aliphatic rings. The third-order valence-electron chi connectivity index (χ3n) is 3.81. The molecule has 1 heterocycles. The number of aryl methyl sites for hydroxylation is 1. The quantitative estimate of drug-likeness (QED) is 0.738. The normalized spacial score (nSPS) is 19.7. The first-order valence-corrected chi connectivity index (χ1v) is 7.47. The van der Waals surface area contributed by atoms with Crippen molar-refractivity contribution in [3.8, 4) is 0 Å². The maximum absolute atomic E-state index is 12.1. The van der Waals surface area contributed by atoms with Crippen molar-refractivity contribution in [1.82, 2.24) is 10.6 Å². The summed E-state index contributed by atoms with van der Waals surface area (Å²) < 4.78 is 0. The van der Waals surface area contributed by atoms with Crippen molar-refractivity contribution in [2.24, 2.45) is 0 Å². The number of hydrogen-bond donors (Lipinski definition) is 3. The number of piperidine rings is 1. The van der Waals surface area contributed by atoms with Crippen LogP contribution < -0.4 is 10.6 Å². The molecule has 21 heavy (non-hydrogen) atoms. The standard InChI is InChI=1S/C16H22N2O3/c19-15(13-8-4-5-11-17-13)18-14(16(20)21)10-9-12-6-2-1-3-7-12/h1-3,6-7,13-14,17H,4-5,8-11H2,(H,18,19)(H,20,21)/t13?,14-/m0/s1. The monoisotopic (exact) mass is 290 g/mol. The van der Waals surface area contributed by atoms with Crippen LogP contribution in [0.15, 0.2) is 30.3 Å². The molecule has 2 atom stereocenters. The molecule has 1 unspecified atom stereocenters. The Hall–Kier alpha value is -1.88. The number of carboxylic acid groups (broad SMARTS) is 1. The number of aliphatic carboxylic acids is 1. The molecular weight excluding hydrogens is 268 g/mol. The van der Waals surface area contributed by atoms with Crippen molar-refractivity contribution in [1.29, 1.82) is 0 Å². The number of benzene rings is 1. The van der Waals surface area contributed by atoms with Gasteiger partial charge in [0.25, 0.3) is 0 Å². The number of nitrogens with one attached hydrogen (secondary N) is 2. The van der Waals surface area contributed by atoms with E-state index in [0.29, 0.717) is 12.8 Å². The maximum Gasteiger partial charge on any atom is 0.326 e. The molecule has 0 bridgehead atoms. The molecule has 5 nitrogen and oxygen atoms in total. The highest BCUT2D eigenvalue weighted by molar-refractivity contribution is 5.86. The summed E-state index contributed by atoms with van der Waals surface area (Å²) in [6.07, 6.45) is 3.89. The Labute approximate surface area is 124 Å². The van der Waals surface area contributed by atoms with Crippen LogP contribution in [-0.2, 0) is 16.0 Å². The zero-order valence-corrected chi connectivity index (χ0v) is 12.0. The van der Waals surface area contributed by atoms with Gasteiger partial charge in [0, 0.05) is 0 Å². The smallest absolute Gasteiger partial charge is 0.326 e. The summed E-state index contributed by atoms with van der Waals surface area (Å²) in [4.78, 5) is 23.4. The number of hydrogen-bond acceptors (Lipinski definition) is 3. The highest BCUT2D eigenvalue weighted by Crippen LogP contribution is 2.09. The highest BCUT2D eigenvalue weighted by Gasteiger charge is 2.25. The van der Waals surface area contributed by atoms with Gasteiger partial charge in [-0.25, -0.2) is 4.79 Å². The molecule has 1 saturated heterocycles. The van der Waals surface area contributed by atoms with E-state index in [4.69, 9.17) is 0 Å². The lowest BCUT2D eigenvalue weighted by Crippen LogP contribution is -2.51. The number of rotatable bonds is 6. The van der Waals surface area contributed by atoms with Crippen LogP contribution in [0.2, 0.25) is 0 Å². The minimum absolute atomic E-state index is 0.199. The lowest BCUT2D eigenvalue weighted by Gasteiger charge is -2.24. The molecule has 0 aliphatic carbocycles. The van der Waals surface area contributed by atoms with E-state index in [2.05, 4.69) is 10.6 Å². The molecule has 0 radical (unpaired) electrons. The van der Waals surface area contributed by atoms with E-state index in [1.807, 2.05) is 30.3 Å².